The minimum Gasteiger partial charge on any atom is -0.466 e. The Morgan fingerprint density at radius 1 is 1.29 bits per heavy atom. The zero-order valence-corrected chi connectivity index (χ0v) is 14.3. The number of ether oxygens (including phenoxy) is 1. The minimum atomic E-state index is -0.255. The van der Waals surface area contributed by atoms with E-state index < -0.39 is 0 Å². The van der Waals surface area contributed by atoms with Crippen LogP contribution in [0.1, 0.15) is 64.7 Å². The topological polar surface area (TPSA) is 79.5 Å². The van der Waals surface area contributed by atoms with E-state index in [1.807, 2.05) is 6.92 Å². The Bertz CT molecular complexity index is 677. The van der Waals surface area contributed by atoms with E-state index in [0.29, 0.717) is 37.4 Å². The smallest absolute Gasteiger partial charge is 0.310 e. The number of rotatable bonds is 3. The van der Waals surface area contributed by atoms with Crippen LogP contribution in [-0.2, 0) is 16.0 Å². The number of piperidine rings is 1. The Balaban J connectivity index is 1.79. The van der Waals surface area contributed by atoms with Gasteiger partial charge in [-0.1, -0.05) is 0 Å². The van der Waals surface area contributed by atoms with E-state index in [1.165, 1.54) is 0 Å². The maximum Gasteiger partial charge on any atom is 0.310 e. The van der Waals surface area contributed by atoms with E-state index in [4.69, 9.17) is 4.74 Å². The monoisotopic (exact) mass is 332 g/mol. The number of nitrogens with one attached hydrogen (secondary N) is 1. The predicted octanol–water partition coefficient (Wildman–Crippen LogP) is 2.26. The lowest BCUT2D eigenvalue weighted by atomic mass is 9.93. The van der Waals surface area contributed by atoms with Gasteiger partial charge in [0.05, 0.1) is 12.5 Å². The first-order valence-corrected chi connectivity index (χ1v) is 8.73. The second-order valence-electron chi connectivity index (χ2n) is 6.60. The zero-order valence-electron chi connectivity index (χ0n) is 14.3. The van der Waals surface area contributed by atoms with E-state index in [9.17, 15) is 14.4 Å². The molecular formula is C18H24N2O4. The fraction of sp³-hybridized carbons (Fsp3) is 0.611. The summed E-state index contributed by atoms with van der Waals surface area (Å²) in [4.78, 5) is 41.9. The molecule has 1 fully saturated rings. The van der Waals surface area contributed by atoms with Crippen LogP contribution in [0, 0.1) is 12.8 Å². The van der Waals surface area contributed by atoms with E-state index in [2.05, 4.69) is 4.98 Å². The molecule has 130 valence electrons. The van der Waals surface area contributed by atoms with Crippen molar-refractivity contribution in [2.45, 2.75) is 46.0 Å². The number of hydrogen-bond acceptors (Lipinski definition) is 4. The highest BCUT2D eigenvalue weighted by atomic mass is 16.5. The first kappa shape index (κ1) is 16.7. The molecular weight excluding hydrogens is 308 g/mol. The van der Waals surface area contributed by atoms with Crippen molar-refractivity contribution in [1.82, 2.24) is 9.88 Å². The van der Waals surface area contributed by atoms with Gasteiger partial charge in [0.25, 0.3) is 5.91 Å². The highest BCUT2D eigenvalue weighted by Crippen LogP contribution is 2.28. The molecule has 0 radical (unpaired) electrons. The normalized spacial score (nSPS) is 20.7. The number of aromatic amines is 1. The molecule has 0 bridgehead atoms. The Morgan fingerprint density at radius 3 is 2.79 bits per heavy atom. The van der Waals surface area contributed by atoms with Gasteiger partial charge in [-0.15, -0.1) is 0 Å². The van der Waals surface area contributed by atoms with Gasteiger partial charge >= 0.3 is 5.97 Å². The summed E-state index contributed by atoms with van der Waals surface area (Å²) in [7, 11) is 0. The van der Waals surface area contributed by atoms with Gasteiger partial charge in [-0.3, -0.25) is 14.4 Å². The maximum atomic E-state index is 12.9. The number of nitrogens with zero attached hydrogens (tertiary/aromatic N) is 1. The van der Waals surface area contributed by atoms with Crippen LogP contribution >= 0.6 is 0 Å². The lowest BCUT2D eigenvalue weighted by molar-refractivity contribution is -0.149. The summed E-state index contributed by atoms with van der Waals surface area (Å²) in [5.41, 5.74) is 2.83. The van der Waals surface area contributed by atoms with Crippen LogP contribution in [0.4, 0.5) is 0 Å². The summed E-state index contributed by atoms with van der Waals surface area (Å²) in [5.74, 6) is -0.488. The van der Waals surface area contributed by atoms with Gasteiger partial charge in [-0.25, -0.2) is 0 Å². The van der Waals surface area contributed by atoms with Crippen LogP contribution in [0.25, 0.3) is 0 Å². The Kier molecular flexibility index (Phi) is 4.73. The van der Waals surface area contributed by atoms with E-state index in [1.54, 1.807) is 11.8 Å². The van der Waals surface area contributed by atoms with Crippen LogP contribution in [0.2, 0.25) is 0 Å². The average molecular weight is 332 g/mol. The van der Waals surface area contributed by atoms with Crippen LogP contribution < -0.4 is 0 Å². The third-order valence-corrected chi connectivity index (χ3v) is 4.98. The van der Waals surface area contributed by atoms with Gasteiger partial charge in [0.2, 0.25) is 0 Å². The number of hydrogen-bond donors (Lipinski definition) is 1. The highest BCUT2D eigenvalue weighted by Gasteiger charge is 2.33. The molecule has 1 unspecified atom stereocenters. The highest BCUT2D eigenvalue weighted by molar-refractivity contribution is 6.04. The number of Topliss-reactive ketones (excluding diaryl/α,β-unsaturated/α-hetero) is 1. The van der Waals surface area contributed by atoms with Gasteiger partial charge in [-0.05, 0) is 45.1 Å². The number of likely N-dealkylation sites (tertiary alicyclic amines) is 1. The largest absolute Gasteiger partial charge is 0.466 e. The van der Waals surface area contributed by atoms with Crippen molar-refractivity contribution in [2.75, 3.05) is 19.7 Å². The molecule has 3 rings (SSSR count). The molecule has 0 spiro atoms. The Morgan fingerprint density at radius 2 is 2.08 bits per heavy atom. The minimum absolute atomic E-state index is 0.118. The van der Waals surface area contributed by atoms with E-state index in [0.717, 1.165) is 36.9 Å². The predicted molar refractivity (Wildman–Crippen MR) is 88.1 cm³/mol. The SMILES string of the molecule is CCOC(=O)C1CCCN(C(=O)c2[nH]c3c(c2C)C(=O)CCC3)C1. The summed E-state index contributed by atoms with van der Waals surface area (Å²) >= 11 is 0. The molecule has 1 atom stereocenters. The van der Waals surface area contributed by atoms with Crippen molar-refractivity contribution >= 4 is 17.7 Å². The lowest BCUT2D eigenvalue weighted by Gasteiger charge is -2.31. The molecule has 1 amide bonds. The molecule has 1 N–H and O–H groups in total. The lowest BCUT2D eigenvalue weighted by Crippen LogP contribution is -2.43. The molecule has 1 aromatic rings. The van der Waals surface area contributed by atoms with Crippen molar-refractivity contribution in [3.63, 3.8) is 0 Å². The van der Waals surface area contributed by atoms with Gasteiger partial charge in [-0.2, -0.15) is 0 Å². The molecule has 1 aliphatic heterocycles. The number of ketones is 1. The van der Waals surface area contributed by atoms with Gasteiger partial charge in [0.15, 0.2) is 5.78 Å². The maximum absolute atomic E-state index is 12.9. The number of carbonyl (C=O) groups excluding carboxylic acids is 3. The summed E-state index contributed by atoms with van der Waals surface area (Å²) in [6.45, 7) is 4.99. The number of amides is 1. The molecule has 2 aliphatic rings. The van der Waals surface area contributed by atoms with Crippen LogP contribution in [0.15, 0.2) is 0 Å². The average Bonchev–Trinajstić information content (AvgIpc) is 2.92. The van der Waals surface area contributed by atoms with Crippen molar-refractivity contribution in [2.24, 2.45) is 5.92 Å². The fourth-order valence-corrected chi connectivity index (χ4v) is 3.76. The Hall–Kier alpha value is -2.11. The van der Waals surface area contributed by atoms with Crippen molar-refractivity contribution in [1.29, 1.82) is 0 Å². The van der Waals surface area contributed by atoms with Crippen molar-refractivity contribution in [3.8, 4) is 0 Å². The first-order chi connectivity index (χ1) is 11.5. The molecule has 1 saturated heterocycles. The molecule has 24 heavy (non-hydrogen) atoms. The van der Waals surface area contributed by atoms with Gasteiger partial charge < -0.3 is 14.6 Å². The van der Waals surface area contributed by atoms with Crippen LogP contribution in [0.5, 0.6) is 0 Å². The summed E-state index contributed by atoms with van der Waals surface area (Å²) in [5, 5.41) is 0. The number of esters is 1. The second-order valence-corrected chi connectivity index (χ2v) is 6.60. The van der Waals surface area contributed by atoms with Crippen LogP contribution in [0.3, 0.4) is 0 Å². The number of aromatic nitrogens is 1. The van der Waals surface area contributed by atoms with Gasteiger partial charge in [0, 0.05) is 30.8 Å². The van der Waals surface area contributed by atoms with E-state index >= 15 is 0 Å². The van der Waals surface area contributed by atoms with Gasteiger partial charge in [0.1, 0.15) is 5.69 Å². The Labute approximate surface area is 141 Å². The molecule has 0 aromatic carbocycles. The summed E-state index contributed by atoms with van der Waals surface area (Å²) in [6, 6.07) is 0. The number of fused-ring (bicyclic) bond motifs is 1. The number of H-pyrrole nitrogens is 1. The van der Waals surface area contributed by atoms with Crippen molar-refractivity contribution < 1.29 is 19.1 Å². The molecule has 2 heterocycles. The zero-order chi connectivity index (χ0) is 17.3. The fourth-order valence-electron chi connectivity index (χ4n) is 3.76. The number of carbonyl (C=O) groups is 3. The molecule has 0 saturated carbocycles. The summed E-state index contributed by atoms with van der Waals surface area (Å²) < 4.78 is 5.09. The summed E-state index contributed by atoms with van der Waals surface area (Å²) in [6.07, 6.45) is 3.72. The third kappa shape index (κ3) is 2.97. The molecule has 1 aromatic heterocycles. The first-order valence-electron chi connectivity index (χ1n) is 8.73. The molecule has 6 nitrogen and oxygen atoms in total. The molecule has 1 aliphatic carbocycles. The van der Waals surface area contributed by atoms with Crippen molar-refractivity contribution in [3.05, 3.63) is 22.5 Å². The quantitative estimate of drug-likeness (QED) is 0.861. The molecule has 6 heteroatoms. The van der Waals surface area contributed by atoms with E-state index in [-0.39, 0.29) is 23.6 Å². The second kappa shape index (κ2) is 6.79. The number of aryl methyl sites for hydroxylation is 1. The van der Waals surface area contributed by atoms with Crippen LogP contribution in [-0.4, -0.2) is 47.2 Å². The standard InChI is InChI=1S/C18H24N2O4/c1-3-24-18(23)12-6-5-9-20(10-12)17(22)16-11(2)15-13(19-16)7-4-8-14(15)21/h12,19H,3-10H2,1-2H3. The third-order valence-electron chi connectivity index (χ3n) is 4.98.